The molecule has 0 atom stereocenters. The summed E-state index contributed by atoms with van der Waals surface area (Å²) in [5.74, 6) is -0.560. The number of aliphatic carboxylic acids is 1. The SMILES string of the molecule is CC(C)(C)c1ccc(-c2ccc(N(c3ccc(-c4ccc(-c5cc6ccc(C=C(C#N)C(=O)O)cc6o5)cc4)cc3)c3ccc(-c4ccc(C(C)(C)C)cc4)cc3)cc2)cc1. The van der Waals surface area contributed by atoms with Gasteiger partial charge in [0.15, 0.2) is 0 Å². The van der Waals surface area contributed by atoms with E-state index in [1.165, 1.54) is 39.5 Å². The minimum absolute atomic E-state index is 0.103. The number of rotatable bonds is 9. The Hall–Kier alpha value is -7.42. The molecular formula is C56H48N2O3. The zero-order valence-corrected chi connectivity index (χ0v) is 35.4. The van der Waals surface area contributed by atoms with Gasteiger partial charge in [0.2, 0.25) is 0 Å². The molecule has 8 aromatic rings. The van der Waals surface area contributed by atoms with Gasteiger partial charge in [0, 0.05) is 28.0 Å². The smallest absolute Gasteiger partial charge is 0.346 e. The van der Waals surface area contributed by atoms with E-state index >= 15 is 0 Å². The van der Waals surface area contributed by atoms with E-state index in [1.807, 2.05) is 24.3 Å². The standard InChI is InChI=1S/C56H48N2O3/c1-55(2,3)47-23-13-39(14-24-47)42-19-29-50(30-20-42)58(51-31-21-43(22-32-51)40-15-25-48(26-16-40)56(4,5)6)49-27-17-41(18-28-49)38-9-11-44(12-10-38)53-35-45-8-7-37(34-52(45)61-53)33-46(36-57)54(59)60/h7-35H,1-6H3,(H,59,60). The number of nitriles is 1. The van der Waals surface area contributed by atoms with Gasteiger partial charge in [-0.15, -0.1) is 0 Å². The minimum Gasteiger partial charge on any atom is -0.477 e. The van der Waals surface area contributed by atoms with Crippen LogP contribution >= 0.6 is 0 Å². The minimum atomic E-state index is -1.26. The van der Waals surface area contributed by atoms with E-state index in [1.54, 1.807) is 18.2 Å². The van der Waals surface area contributed by atoms with E-state index in [4.69, 9.17) is 9.68 Å². The van der Waals surface area contributed by atoms with E-state index in [0.29, 0.717) is 16.9 Å². The molecule has 0 saturated heterocycles. The summed E-state index contributed by atoms with van der Waals surface area (Å²) >= 11 is 0. The molecule has 5 nitrogen and oxygen atoms in total. The summed E-state index contributed by atoms with van der Waals surface area (Å²) in [6.45, 7) is 13.4. The molecule has 0 aliphatic heterocycles. The molecular weight excluding hydrogens is 749 g/mol. The van der Waals surface area contributed by atoms with Gasteiger partial charge in [0.1, 0.15) is 23.0 Å². The number of carboxylic acid groups (broad SMARTS) is 1. The maximum Gasteiger partial charge on any atom is 0.346 e. The van der Waals surface area contributed by atoms with Crippen molar-refractivity contribution >= 4 is 40.1 Å². The summed E-state index contributed by atoms with van der Waals surface area (Å²) in [5.41, 5.74) is 14.7. The number of anilines is 3. The van der Waals surface area contributed by atoms with E-state index in [0.717, 1.165) is 39.1 Å². The van der Waals surface area contributed by atoms with Gasteiger partial charge >= 0.3 is 5.97 Å². The van der Waals surface area contributed by atoms with Crippen molar-refractivity contribution in [1.82, 2.24) is 0 Å². The van der Waals surface area contributed by atoms with Crippen LogP contribution in [0.5, 0.6) is 0 Å². The normalized spacial score (nSPS) is 12.0. The molecule has 1 N–H and O–H groups in total. The van der Waals surface area contributed by atoms with Crippen LogP contribution in [0, 0.1) is 11.3 Å². The van der Waals surface area contributed by atoms with Crippen molar-refractivity contribution in [3.63, 3.8) is 0 Å². The Bertz CT molecular complexity index is 2800. The fraction of sp³-hybridized carbons (Fsp3) is 0.143. The van der Waals surface area contributed by atoms with Crippen molar-refractivity contribution in [3.8, 4) is 50.8 Å². The zero-order chi connectivity index (χ0) is 42.9. The van der Waals surface area contributed by atoms with Crippen LogP contribution < -0.4 is 4.90 Å². The molecule has 8 rings (SSSR count). The third-order valence-electron chi connectivity index (χ3n) is 11.3. The molecule has 0 unspecified atom stereocenters. The highest BCUT2D eigenvalue weighted by atomic mass is 16.4. The lowest BCUT2D eigenvalue weighted by molar-refractivity contribution is -0.132. The van der Waals surface area contributed by atoms with Gasteiger partial charge in [-0.25, -0.2) is 4.79 Å². The number of hydrogen-bond donors (Lipinski definition) is 1. The first kappa shape index (κ1) is 40.4. The average molecular weight is 797 g/mol. The van der Waals surface area contributed by atoms with Crippen LogP contribution in [0.2, 0.25) is 0 Å². The third-order valence-corrected chi connectivity index (χ3v) is 11.3. The van der Waals surface area contributed by atoms with Gasteiger partial charge in [0.05, 0.1) is 0 Å². The lowest BCUT2D eigenvalue weighted by Crippen LogP contribution is -2.10. The van der Waals surface area contributed by atoms with Gasteiger partial charge < -0.3 is 14.4 Å². The molecule has 0 aliphatic rings. The first-order valence-corrected chi connectivity index (χ1v) is 20.6. The molecule has 0 fully saturated rings. The zero-order valence-electron chi connectivity index (χ0n) is 35.4. The second-order valence-corrected chi connectivity index (χ2v) is 17.6. The van der Waals surface area contributed by atoms with Crippen LogP contribution in [-0.2, 0) is 15.6 Å². The summed E-state index contributed by atoms with van der Waals surface area (Å²) in [4.78, 5) is 13.6. The summed E-state index contributed by atoms with van der Waals surface area (Å²) < 4.78 is 6.18. The predicted octanol–water partition coefficient (Wildman–Crippen LogP) is 15.2. The Kier molecular flexibility index (Phi) is 10.8. The second-order valence-electron chi connectivity index (χ2n) is 17.6. The number of hydrogen-bond acceptors (Lipinski definition) is 4. The number of furan rings is 1. The molecule has 1 aromatic heterocycles. The molecule has 1 heterocycles. The monoisotopic (exact) mass is 796 g/mol. The molecule has 7 aromatic carbocycles. The Morgan fingerprint density at radius 3 is 1.25 bits per heavy atom. The third kappa shape index (κ3) is 8.81. The number of fused-ring (bicyclic) bond motifs is 1. The van der Waals surface area contributed by atoms with Crippen LogP contribution in [0.25, 0.3) is 61.7 Å². The molecule has 0 bridgehead atoms. The fourth-order valence-electron chi connectivity index (χ4n) is 7.60. The topological polar surface area (TPSA) is 77.5 Å². The number of benzene rings is 7. The molecule has 0 amide bonds. The van der Waals surface area contributed by atoms with Crippen molar-refractivity contribution < 1.29 is 14.3 Å². The van der Waals surface area contributed by atoms with Gasteiger partial charge in [-0.1, -0.05) is 163 Å². The molecule has 0 saturated carbocycles. The van der Waals surface area contributed by atoms with E-state index in [9.17, 15) is 9.90 Å². The van der Waals surface area contributed by atoms with Crippen molar-refractivity contribution in [3.05, 3.63) is 192 Å². The van der Waals surface area contributed by atoms with Gasteiger partial charge in [-0.3, -0.25) is 0 Å². The molecule has 61 heavy (non-hydrogen) atoms. The molecule has 0 aliphatic carbocycles. The van der Waals surface area contributed by atoms with Crippen molar-refractivity contribution in [1.29, 1.82) is 5.26 Å². The summed E-state index contributed by atoms with van der Waals surface area (Å²) in [7, 11) is 0. The quantitative estimate of drug-likeness (QED) is 0.116. The Balaban J connectivity index is 1.07. The van der Waals surface area contributed by atoms with Gasteiger partial charge in [-0.05, 0) is 116 Å². The van der Waals surface area contributed by atoms with Crippen LogP contribution in [0.1, 0.15) is 58.2 Å². The fourth-order valence-corrected chi connectivity index (χ4v) is 7.60. The number of carboxylic acids is 1. The highest BCUT2D eigenvalue weighted by molar-refractivity contribution is 5.97. The largest absolute Gasteiger partial charge is 0.477 e. The first-order valence-electron chi connectivity index (χ1n) is 20.6. The van der Waals surface area contributed by atoms with E-state index < -0.39 is 5.97 Å². The summed E-state index contributed by atoms with van der Waals surface area (Å²) in [5, 5.41) is 19.3. The molecule has 5 heteroatoms. The lowest BCUT2D eigenvalue weighted by Gasteiger charge is -2.26. The summed E-state index contributed by atoms with van der Waals surface area (Å²) in [6, 6.07) is 61.5. The van der Waals surface area contributed by atoms with Crippen LogP contribution in [0.4, 0.5) is 17.1 Å². The van der Waals surface area contributed by atoms with Crippen molar-refractivity contribution in [2.45, 2.75) is 52.4 Å². The molecule has 0 radical (unpaired) electrons. The van der Waals surface area contributed by atoms with Gasteiger partial charge in [0.25, 0.3) is 0 Å². The Morgan fingerprint density at radius 1 is 0.525 bits per heavy atom. The average Bonchev–Trinajstić information content (AvgIpc) is 3.70. The molecule has 0 spiro atoms. The van der Waals surface area contributed by atoms with Crippen molar-refractivity contribution in [2.24, 2.45) is 0 Å². The van der Waals surface area contributed by atoms with Crippen LogP contribution in [-0.4, -0.2) is 11.1 Å². The Labute approximate surface area is 358 Å². The predicted molar refractivity (Wildman–Crippen MR) is 251 cm³/mol. The van der Waals surface area contributed by atoms with E-state index in [2.05, 4.69) is 180 Å². The first-order chi connectivity index (χ1) is 29.2. The second kappa shape index (κ2) is 16.3. The van der Waals surface area contributed by atoms with Gasteiger partial charge in [-0.2, -0.15) is 5.26 Å². The number of carbonyl (C=O) groups is 1. The Morgan fingerprint density at radius 2 is 0.885 bits per heavy atom. The highest BCUT2D eigenvalue weighted by Gasteiger charge is 2.17. The van der Waals surface area contributed by atoms with Crippen LogP contribution in [0.15, 0.2) is 180 Å². The van der Waals surface area contributed by atoms with Crippen LogP contribution in [0.3, 0.4) is 0 Å². The maximum absolute atomic E-state index is 11.3. The molecule has 300 valence electrons. The van der Waals surface area contributed by atoms with Crippen molar-refractivity contribution in [2.75, 3.05) is 4.90 Å². The van der Waals surface area contributed by atoms with E-state index in [-0.39, 0.29) is 16.4 Å². The number of nitrogens with zero attached hydrogens (tertiary/aromatic N) is 2. The highest BCUT2D eigenvalue weighted by Crippen LogP contribution is 2.39. The summed E-state index contributed by atoms with van der Waals surface area (Å²) in [6.07, 6.45) is 1.34. The maximum atomic E-state index is 11.3. The lowest BCUT2D eigenvalue weighted by atomic mass is 9.86.